The van der Waals surface area contributed by atoms with Crippen molar-refractivity contribution in [3.05, 3.63) is 52.5 Å². The van der Waals surface area contributed by atoms with Gasteiger partial charge in [-0.1, -0.05) is 18.0 Å². The van der Waals surface area contributed by atoms with Gasteiger partial charge in [-0.3, -0.25) is 4.79 Å². The van der Waals surface area contributed by atoms with Crippen molar-refractivity contribution in [2.24, 2.45) is 5.92 Å². The fourth-order valence-corrected chi connectivity index (χ4v) is 3.02. The molecule has 1 aliphatic carbocycles. The summed E-state index contributed by atoms with van der Waals surface area (Å²) in [4.78, 5) is 11.3. The summed E-state index contributed by atoms with van der Waals surface area (Å²) in [5.41, 5.74) is 2.47. The normalized spacial score (nSPS) is 14.0. The second-order valence-corrected chi connectivity index (χ2v) is 6.84. The molecule has 2 aromatic rings. The van der Waals surface area contributed by atoms with Gasteiger partial charge in [0.2, 0.25) is 0 Å². The first-order valence-electron chi connectivity index (χ1n) is 8.59. The number of aromatic hydroxyl groups is 1. The van der Waals surface area contributed by atoms with Crippen molar-refractivity contribution in [2.45, 2.75) is 25.7 Å². The second kappa shape index (κ2) is 8.26. The molecule has 132 valence electrons. The van der Waals surface area contributed by atoms with Crippen LogP contribution in [-0.2, 0) is 6.42 Å². The third kappa shape index (κ3) is 4.67. The molecule has 1 saturated carbocycles. The molecule has 0 bridgehead atoms. The standard InChI is InChI=1S/C20H22ClNO3/c21-19-11-17(5-7-20(19)24)22-9-8-15-10-18(6-4-16(15)12-23)25-13-14-2-1-3-14/h4-7,10-12,14,22,24H,1-3,8-9,13H2. The highest BCUT2D eigenvalue weighted by molar-refractivity contribution is 6.32. The van der Waals surface area contributed by atoms with Gasteiger partial charge in [0.15, 0.2) is 0 Å². The molecule has 0 atom stereocenters. The third-order valence-electron chi connectivity index (χ3n) is 4.62. The Morgan fingerprint density at radius 2 is 2.08 bits per heavy atom. The Labute approximate surface area is 152 Å². The van der Waals surface area contributed by atoms with E-state index in [1.807, 2.05) is 18.2 Å². The first-order chi connectivity index (χ1) is 12.2. The molecule has 0 saturated heterocycles. The van der Waals surface area contributed by atoms with E-state index in [0.717, 1.165) is 29.9 Å². The van der Waals surface area contributed by atoms with Crippen molar-refractivity contribution in [2.75, 3.05) is 18.5 Å². The van der Waals surface area contributed by atoms with Gasteiger partial charge in [-0.15, -0.1) is 0 Å². The molecule has 0 spiro atoms. The Morgan fingerprint density at radius 1 is 1.24 bits per heavy atom. The van der Waals surface area contributed by atoms with Gasteiger partial charge < -0.3 is 15.2 Å². The van der Waals surface area contributed by atoms with Crippen LogP contribution in [0.15, 0.2) is 36.4 Å². The Kier molecular flexibility index (Phi) is 5.82. The van der Waals surface area contributed by atoms with Gasteiger partial charge in [0.05, 0.1) is 11.6 Å². The largest absolute Gasteiger partial charge is 0.506 e. The summed E-state index contributed by atoms with van der Waals surface area (Å²) < 4.78 is 5.86. The molecule has 0 radical (unpaired) electrons. The highest BCUT2D eigenvalue weighted by Crippen LogP contribution is 2.28. The van der Waals surface area contributed by atoms with Crippen molar-refractivity contribution in [3.63, 3.8) is 0 Å². The molecular weight excluding hydrogens is 338 g/mol. The minimum atomic E-state index is 0.0618. The number of carbonyl (C=O) groups excluding carboxylic acids is 1. The smallest absolute Gasteiger partial charge is 0.150 e. The van der Waals surface area contributed by atoms with Crippen LogP contribution in [0.4, 0.5) is 5.69 Å². The van der Waals surface area contributed by atoms with E-state index in [1.165, 1.54) is 19.3 Å². The molecule has 0 amide bonds. The predicted molar refractivity (Wildman–Crippen MR) is 100.0 cm³/mol. The van der Waals surface area contributed by atoms with Crippen molar-refractivity contribution >= 4 is 23.6 Å². The van der Waals surface area contributed by atoms with E-state index < -0.39 is 0 Å². The summed E-state index contributed by atoms with van der Waals surface area (Å²) in [6.07, 6.45) is 5.36. The summed E-state index contributed by atoms with van der Waals surface area (Å²) in [7, 11) is 0. The molecule has 0 unspecified atom stereocenters. The highest BCUT2D eigenvalue weighted by Gasteiger charge is 2.18. The maximum absolute atomic E-state index is 11.3. The number of nitrogens with one attached hydrogen (secondary N) is 1. The summed E-state index contributed by atoms with van der Waals surface area (Å²) >= 11 is 5.90. The summed E-state index contributed by atoms with van der Waals surface area (Å²) in [5.74, 6) is 1.56. The zero-order valence-electron chi connectivity index (χ0n) is 14.0. The van der Waals surface area contributed by atoms with Crippen LogP contribution in [0.2, 0.25) is 5.02 Å². The Bertz CT molecular complexity index is 744. The summed E-state index contributed by atoms with van der Waals surface area (Å²) in [6, 6.07) is 10.6. The van der Waals surface area contributed by atoms with E-state index in [-0.39, 0.29) is 5.75 Å². The molecule has 3 rings (SSSR count). The molecule has 4 nitrogen and oxygen atoms in total. The van der Waals surface area contributed by atoms with Gasteiger partial charge >= 0.3 is 0 Å². The average Bonchev–Trinajstić information content (AvgIpc) is 2.57. The zero-order chi connectivity index (χ0) is 17.6. The van der Waals surface area contributed by atoms with E-state index in [9.17, 15) is 9.90 Å². The Morgan fingerprint density at radius 3 is 2.76 bits per heavy atom. The number of carbonyl (C=O) groups is 1. The molecule has 0 aromatic heterocycles. The number of aldehydes is 1. The van der Waals surface area contributed by atoms with Crippen LogP contribution in [-0.4, -0.2) is 24.5 Å². The minimum Gasteiger partial charge on any atom is -0.506 e. The lowest BCUT2D eigenvalue weighted by molar-refractivity contribution is 0.112. The lowest BCUT2D eigenvalue weighted by Gasteiger charge is -2.25. The number of benzene rings is 2. The summed E-state index contributed by atoms with van der Waals surface area (Å²) in [6.45, 7) is 1.40. The molecule has 25 heavy (non-hydrogen) atoms. The number of anilines is 1. The van der Waals surface area contributed by atoms with Crippen LogP contribution < -0.4 is 10.1 Å². The highest BCUT2D eigenvalue weighted by atomic mass is 35.5. The van der Waals surface area contributed by atoms with Crippen LogP contribution in [0.5, 0.6) is 11.5 Å². The first-order valence-corrected chi connectivity index (χ1v) is 8.97. The van der Waals surface area contributed by atoms with Crippen LogP contribution in [0, 0.1) is 5.92 Å². The van der Waals surface area contributed by atoms with Crippen molar-refractivity contribution in [1.29, 1.82) is 0 Å². The maximum Gasteiger partial charge on any atom is 0.150 e. The monoisotopic (exact) mass is 359 g/mol. The zero-order valence-corrected chi connectivity index (χ0v) is 14.8. The van der Waals surface area contributed by atoms with E-state index in [0.29, 0.717) is 29.5 Å². The lowest BCUT2D eigenvalue weighted by atomic mass is 9.86. The van der Waals surface area contributed by atoms with Crippen molar-refractivity contribution < 1.29 is 14.6 Å². The number of phenols is 1. The lowest BCUT2D eigenvalue weighted by Crippen LogP contribution is -2.19. The fraction of sp³-hybridized carbons (Fsp3) is 0.350. The molecular formula is C20H22ClNO3. The van der Waals surface area contributed by atoms with E-state index in [4.69, 9.17) is 16.3 Å². The number of hydrogen-bond acceptors (Lipinski definition) is 4. The quantitative estimate of drug-likeness (QED) is 0.530. The van der Waals surface area contributed by atoms with Crippen molar-refractivity contribution in [1.82, 2.24) is 0 Å². The van der Waals surface area contributed by atoms with Gasteiger partial charge in [0.1, 0.15) is 17.8 Å². The van der Waals surface area contributed by atoms with E-state index in [1.54, 1.807) is 18.2 Å². The molecule has 0 heterocycles. The second-order valence-electron chi connectivity index (χ2n) is 6.43. The van der Waals surface area contributed by atoms with Gasteiger partial charge in [0.25, 0.3) is 0 Å². The third-order valence-corrected chi connectivity index (χ3v) is 4.93. The van der Waals surface area contributed by atoms with Gasteiger partial charge in [-0.25, -0.2) is 0 Å². The van der Waals surface area contributed by atoms with Crippen LogP contribution in [0.1, 0.15) is 35.2 Å². The molecule has 1 aliphatic rings. The number of hydrogen-bond donors (Lipinski definition) is 2. The molecule has 2 N–H and O–H groups in total. The average molecular weight is 360 g/mol. The van der Waals surface area contributed by atoms with Gasteiger partial charge in [0, 0.05) is 17.8 Å². The minimum absolute atomic E-state index is 0.0618. The molecule has 1 fully saturated rings. The van der Waals surface area contributed by atoms with Crippen LogP contribution in [0.25, 0.3) is 0 Å². The van der Waals surface area contributed by atoms with Crippen LogP contribution in [0.3, 0.4) is 0 Å². The molecule has 0 aliphatic heterocycles. The van der Waals surface area contributed by atoms with E-state index >= 15 is 0 Å². The SMILES string of the molecule is O=Cc1ccc(OCC2CCC2)cc1CCNc1ccc(O)c(Cl)c1. The summed E-state index contributed by atoms with van der Waals surface area (Å²) in [5, 5.41) is 13.0. The fourth-order valence-electron chi connectivity index (χ4n) is 2.84. The molecule has 5 heteroatoms. The first kappa shape index (κ1) is 17.6. The Hall–Kier alpha value is -2.20. The predicted octanol–water partition coefficient (Wildman–Crippen LogP) is 4.69. The topological polar surface area (TPSA) is 58.6 Å². The number of halogens is 1. The van der Waals surface area contributed by atoms with E-state index in [2.05, 4.69) is 5.32 Å². The Balaban J connectivity index is 1.59. The van der Waals surface area contributed by atoms with Crippen LogP contribution >= 0.6 is 11.6 Å². The van der Waals surface area contributed by atoms with Crippen molar-refractivity contribution in [3.8, 4) is 11.5 Å². The maximum atomic E-state index is 11.3. The van der Waals surface area contributed by atoms with Gasteiger partial charge in [-0.05, 0) is 67.1 Å². The number of ether oxygens (including phenoxy) is 1. The number of phenolic OH excluding ortho intramolecular Hbond substituents is 1. The number of rotatable bonds is 8. The molecule has 2 aromatic carbocycles. The van der Waals surface area contributed by atoms with Gasteiger partial charge in [-0.2, -0.15) is 0 Å².